The number of likely N-dealkylation sites (tertiary alicyclic amines) is 1. The molecule has 0 aromatic carbocycles. The third-order valence-corrected chi connectivity index (χ3v) is 7.62. The molecule has 0 amide bonds. The monoisotopic (exact) mass is 519 g/mol. The molecule has 7 heteroatoms. The number of piperidine rings is 1. The van der Waals surface area contributed by atoms with Crippen LogP contribution in [-0.2, 0) is 0 Å². The van der Waals surface area contributed by atoms with E-state index in [4.69, 9.17) is 17.3 Å². The summed E-state index contributed by atoms with van der Waals surface area (Å²) in [7, 11) is 0. The van der Waals surface area contributed by atoms with E-state index in [1.165, 1.54) is 38.8 Å². The van der Waals surface area contributed by atoms with Crippen molar-refractivity contribution in [2.45, 2.75) is 80.2 Å². The first kappa shape index (κ1) is 38.8. The number of rotatable bonds is 7. The maximum Gasteiger partial charge on any atom is 0.0363 e. The predicted octanol–water partition coefficient (Wildman–Crippen LogP) is 4.13. The van der Waals surface area contributed by atoms with E-state index in [0.717, 1.165) is 36.4 Å². The predicted molar refractivity (Wildman–Crippen MR) is 155 cm³/mol. The van der Waals surface area contributed by atoms with Gasteiger partial charge in [0.15, 0.2) is 0 Å². The van der Waals surface area contributed by atoms with Crippen LogP contribution in [0.4, 0.5) is 0 Å². The summed E-state index contributed by atoms with van der Waals surface area (Å²) in [4.78, 5) is 2.65. The number of halogens is 1. The third-order valence-electron chi connectivity index (χ3n) is 7.34. The molecule has 1 aliphatic heterocycles. The number of nitrogens with one attached hydrogen (secondary N) is 1. The van der Waals surface area contributed by atoms with Gasteiger partial charge < -0.3 is 32.4 Å². The van der Waals surface area contributed by atoms with Gasteiger partial charge in [-0.1, -0.05) is 78.0 Å². The summed E-state index contributed by atoms with van der Waals surface area (Å²) in [5.74, 6) is 2.96. The molecule has 0 aromatic rings. The minimum absolute atomic E-state index is 0. The molecule has 4 atom stereocenters. The van der Waals surface area contributed by atoms with E-state index in [9.17, 15) is 0 Å². The maximum atomic E-state index is 6.09. The van der Waals surface area contributed by atoms with E-state index in [1.54, 1.807) is 0 Å². The van der Waals surface area contributed by atoms with Crippen molar-refractivity contribution in [3.05, 3.63) is 35.4 Å². The zero-order chi connectivity index (χ0) is 22.9. The molecule has 6 nitrogen and oxygen atoms in total. The fourth-order valence-corrected chi connectivity index (χ4v) is 5.51. The van der Waals surface area contributed by atoms with Gasteiger partial charge in [-0.15, -0.1) is 0 Å². The molecule has 0 spiro atoms. The Labute approximate surface area is 221 Å². The second-order valence-electron chi connectivity index (χ2n) is 10.9. The standard InChI is InChI=1S/C20H36ClN3.C7H12.CH4.3H2O/c1-15(2)19(23-11-10-22)13-24-12-9-18(20(3,4)14-24)16-5-7-17(21)8-6-16;1-7-5-3-2-4-6-7;;;;/h5,7-8,15-16,18-19,23H,6,9-14,22H2,1-4H3;2-3,7H,4-6H2,1H3;1H4;3*1H2/t16?,18?,19-;;;;;/m0...../s1. The summed E-state index contributed by atoms with van der Waals surface area (Å²) >= 11 is 6.09. The highest BCUT2D eigenvalue weighted by atomic mass is 35.5. The summed E-state index contributed by atoms with van der Waals surface area (Å²) in [5, 5.41) is 4.52. The van der Waals surface area contributed by atoms with E-state index in [2.05, 4.69) is 75.2 Å². The fraction of sp³-hybridized carbons (Fsp3) is 0.786. The molecule has 2 aliphatic carbocycles. The molecule has 9 N–H and O–H groups in total. The normalized spacial score (nSPS) is 25.9. The van der Waals surface area contributed by atoms with Crippen molar-refractivity contribution in [2.75, 3.05) is 32.7 Å². The molecular weight excluding hydrogens is 462 g/mol. The van der Waals surface area contributed by atoms with Gasteiger partial charge in [0.25, 0.3) is 0 Å². The van der Waals surface area contributed by atoms with Gasteiger partial charge in [-0.2, -0.15) is 0 Å². The molecule has 3 aliphatic rings. The van der Waals surface area contributed by atoms with Gasteiger partial charge in [-0.05, 0) is 73.8 Å². The Bertz CT molecular complexity index is 623. The lowest BCUT2D eigenvalue weighted by Crippen LogP contribution is -2.53. The molecule has 0 aromatic heterocycles. The van der Waals surface area contributed by atoms with Crippen LogP contribution in [-0.4, -0.2) is 60.1 Å². The highest BCUT2D eigenvalue weighted by Gasteiger charge is 2.39. The van der Waals surface area contributed by atoms with Gasteiger partial charge in [0.1, 0.15) is 0 Å². The molecule has 210 valence electrons. The smallest absolute Gasteiger partial charge is 0.0363 e. The lowest BCUT2D eigenvalue weighted by molar-refractivity contribution is 0.0253. The first-order valence-corrected chi connectivity index (χ1v) is 13.0. The zero-order valence-electron chi connectivity index (χ0n) is 22.2. The lowest BCUT2D eigenvalue weighted by atomic mass is 9.66. The molecular formula is C28H58ClN3O3. The largest absolute Gasteiger partial charge is 0.412 e. The quantitative estimate of drug-likeness (QED) is 0.489. The Morgan fingerprint density at radius 3 is 2.26 bits per heavy atom. The van der Waals surface area contributed by atoms with E-state index in [-0.39, 0.29) is 23.9 Å². The molecule has 1 saturated heterocycles. The topological polar surface area (TPSA) is 136 Å². The van der Waals surface area contributed by atoms with Crippen molar-refractivity contribution < 1.29 is 16.4 Å². The van der Waals surface area contributed by atoms with E-state index in [1.807, 2.05) is 0 Å². The summed E-state index contributed by atoms with van der Waals surface area (Å²) in [5.41, 5.74) is 6.00. The minimum atomic E-state index is 0. The van der Waals surface area contributed by atoms with Crippen LogP contribution in [0.25, 0.3) is 0 Å². The van der Waals surface area contributed by atoms with Crippen molar-refractivity contribution in [2.24, 2.45) is 34.8 Å². The van der Waals surface area contributed by atoms with Crippen molar-refractivity contribution in [1.29, 1.82) is 0 Å². The highest BCUT2D eigenvalue weighted by molar-refractivity contribution is 6.31. The number of hydrogen-bond acceptors (Lipinski definition) is 3. The Morgan fingerprint density at radius 2 is 1.83 bits per heavy atom. The fourth-order valence-electron chi connectivity index (χ4n) is 5.35. The first-order chi connectivity index (χ1) is 14.7. The van der Waals surface area contributed by atoms with Crippen LogP contribution in [0.15, 0.2) is 35.4 Å². The van der Waals surface area contributed by atoms with Gasteiger partial charge >= 0.3 is 0 Å². The Morgan fingerprint density at radius 1 is 1.14 bits per heavy atom. The van der Waals surface area contributed by atoms with Crippen LogP contribution in [0.2, 0.25) is 0 Å². The number of hydrogen-bond donors (Lipinski definition) is 2. The van der Waals surface area contributed by atoms with Gasteiger partial charge in [0.05, 0.1) is 0 Å². The lowest BCUT2D eigenvalue weighted by Gasteiger charge is -2.48. The van der Waals surface area contributed by atoms with Crippen molar-refractivity contribution in [3.63, 3.8) is 0 Å². The van der Waals surface area contributed by atoms with Crippen LogP contribution < -0.4 is 11.1 Å². The van der Waals surface area contributed by atoms with Crippen LogP contribution in [0.1, 0.15) is 74.1 Å². The molecule has 0 saturated carbocycles. The average Bonchev–Trinajstić information content (AvgIpc) is 2.72. The molecule has 1 fully saturated rings. The van der Waals surface area contributed by atoms with Gasteiger partial charge in [-0.25, -0.2) is 0 Å². The zero-order valence-corrected chi connectivity index (χ0v) is 23.0. The van der Waals surface area contributed by atoms with E-state index < -0.39 is 0 Å². The second kappa shape index (κ2) is 19.4. The Balaban J connectivity index is -0.000000807. The van der Waals surface area contributed by atoms with Gasteiger partial charge in [0, 0.05) is 37.3 Å². The van der Waals surface area contributed by atoms with Gasteiger partial charge in [0.2, 0.25) is 0 Å². The number of allylic oxidation sites excluding steroid dienone is 6. The summed E-state index contributed by atoms with van der Waals surface area (Å²) < 4.78 is 0. The Hall–Kier alpha value is -0.730. The maximum absolute atomic E-state index is 6.09. The third kappa shape index (κ3) is 13.4. The molecule has 3 unspecified atom stereocenters. The number of nitrogens with zero attached hydrogens (tertiary/aromatic N) is 1. The second-order valence-corrected chi connectivity index (χ2v) is 11.4. The SMILES string of the molecule is C.CC(C)[C@H](CN1CCC(C2C=CC(Cl)=CC2)C(C)(C)C1)NCCN.CC1CC=CCC1.O.O.O. The van der Waals surface area contributed by atoms with Gasteiger partial charge in [-0.3, -0.25) is 0 Å². The molecule has 35 heavy (non-hydrogen) atoms. The van der Waals surface area contributed by atoms with Crippen molar-refractivity contribution in [3.8, 4) is 0 Å². The molecule has 0 bridgehead atoms. The van der Waals surface area contributed by atoms with Crippen LogP contribution in [0.5, 0.6) is 0 Å². The first-order valence-electron chi connectivity index (χ1n) is 12.6. The summed E-state index contributed by atoms with van der Waals surface area (Å²) in [6.07, 6.45) is 17.5. The van der Waals surface area contributed by atoms with Crippen molar-refractivity contribution in [1.82, 2.24) is 10.2 Å². The van der Waals surface area contributed by atoms with E-state index in [0.29, 0.717) is 29.8 Å². The van der Waals surface area contributed by atoms with Crippen molar-refractivity contribution >= 4 is 11.6 Å². The summed E-state index contributed by atoms with van der Waals surface area (Å²) in [6, 6.07) is 0.525. The van der Waals surface area contributed by atoms with Crippen LogP contribution >= 0.6 is 11.6 Å². The van der Waals surface area contributed by atoms with E-state index >= 15 is 0 Å². The molecule has 1 heterocycles. The van der Waals surface area contributed by atoms with Crippen LogP contribution in [0, 0.1) is 29.1 Å². The van der Waals surface area contributed by atoms with Crippen LogP contribution in [0.3, 0.4) is 0 Å². The summed E-state index contributed by atoms with van der Waals surface area (Å²) in [6.45, 7) is 16.9. The molecule has 3 rings (SSSR count). The highest BCUT2D eigenvalue weighted by Crippen LogP contribution is 2.43. The molecule has 0 radical (unpaired) electrons. The minimum Gasteiger partial charge on any atom is -0.412 e. The average molecular weight is 520 g/mol. The Kier molecular flexibility index (Phi) is 21.5. The number of nitrogens with two attached hydrogens (primary N) is 1.